The van der Waals surface area contributed by atoms with Crippen LogP contribution in [0.5, 0.6) is 0 Å². The van der Waals surface area contributed by atoms with Crippen LogP contribution < -0.4 is 5.32 Å². The minimum absolute atomic E-state index is 0. The number of nitrogens with zero attached hydrogens (tertiary/aromatic N) is 2. The van der Waals surface area contributed by atoms with E-state index in [1.165, 1.54) is 0 Å². The fourth-order valence-electron chi connectivity index (χ4n) is 3.04. The second-order valence-corrected chi connectivity index (χ2v) is 5.48. The normalized spacial score (nSPS) is 20.2. The summed E-state index contributed by atoms with van der Waals surface area (Å²) in [6, 6.07) is 10.5. The lowest BCUT2D eigenvalue weighted by atomic mass is 10.2. The van der Waals surface area contributed by atoms with Crippen molar-refractivity contribution in [1.29, 1.82) is 0 Å². The van der Waals surface area contributed by atoms with E-state index in [1.54, 1.807) is 6.20 Å². The van der Waals surface area contributed by atoms with Gasteiger partial charge in [-0.25, -0.2) is 4.98 Å². The van der Waals surface area contributed by atoms with E-state index in [1.807, 2.05) is 36.5 Å². The number of para-hydroxylation sites is 1. The largest absolute Gasteiger partial charge is 0.453 e. The lowest BCUT2D eigenvalue weighted by Crippen LogP contribution is -2.24. The van der Waals surface area contributed by atoms with Gasteiger partial charge in [-0.15, -0.1) is 24.8 Å². The van der Waals surface area contributed by atoms with Gasteiger partial charge in [-0.3, -0.25) is 0 Å². The van der Waals surface area contributed by atoms with Gasteiger partial charge in [0.2, 0.25) is 0 Å². The molecule has 0 unspecified atom stereocenters. The zero-order valence-electron chi connectivity index (χ0n) is 12.4. The Labute approximate surface area is 146 Å². The SMILES string of the molecule is Cl.Cl.OC[C@@H]1C[C@H](n2ccnc2-c2cc3ccccc3o2)CN1. The summed E-state index contributed by atoms with van der Waals surface area (Å²) in [6.07, 6.45) is 4.68. The van der Waals surface area contributed by atoms with Crippen LogP contribution in [0.1, 0.15) is 12.5 Å². The average Bonchev–Trinajstić information content (AvgIpc) is 3.23. The summed E-state index contributed by atoms with van der Waals surface area (Å²) in [5.41, 5.74) is 0.875. The van der Waals surface area contributed by atoms with Crippen LogP contribution in [0, 0.1) is 0 Å². The van der Waals surface area contributed by atoms with Gasteiger partial charge in [-0.05, 0) is 18.6 Å². The lowest BCUT2D eigenvalue weighted by molar-refractivity contribution is 0.253. The molecule has 1 saturated heterocycles. The number of hydrogen-bond donors (Lipinski definition) is 2. The van der Waals surface area contributed by atoms with Crippen molar-refractivity contribution >= 4 is 35.8 Å². The third kappa shape index (κ3) is 3.23. The highest BCUT2D eigenvalue weighted by Gasteiger charge is 2.27. The summed E-state index contributed by atoms with van der Waals surface area (Å²) in [4.78, 5) is 4.46. The fraction of sp³-hybridized carbons (Fsp3) is 0.312. The number of aliphatic hydroxyl groups excluding tert-OH is 1. The molecule has 0 amide bonds. The summed E-state index contributed by atoms with van der Waals surface area (Å²) in [7, 11) is 0. The van der Waals surface area contributed by atoms with E-state index in [4.69, 9.17) is 4.42 Å². The van der Waals surface area contributed by atoms with Crippen molar-refractivity contribution in [2.45, 2.75) is 18.5 Å². The Morgan fingerprint density at radius 3 is 2.87 bits per heavy atom. The first-order chi connectivity index (χ1) is 10.3. The molecule has 5 nitrogen and oxygen atoms in total. The van der Waals surface area contributed by atoms with Gasteiger partial charge in [-0.2, -0.15) is 0 Å². The van der Waals surface area contributed by atoms with Crippen LogP contribution in [-0.4, -0.2) is 33.9 Å². The van der Waals surface area contributed by atoms with E-state index in [0.717, 1.165) is 35.5 Å². The highest BCUT2D eigenvalue weighted by molar-refractivity contribution is 5.85. The highest BCUT2D eigenvalue weighted by atomic mass is 35.5. The van der Waals surface area contributed by atoms with Crippen LogP contribution in [-0.2, 0) is 0 Å². The van der Waals surface area contributed by atoms with Gasteiger partial charge in [0.1, 0.15) is 5.58 Å². The zero-order valence-corrected chi connectivity index (χ0v) is 14.0. The third-order valence-corrected chi connectivity index (χ3v) is 4.13. The van der Waals surface area contributed by atoms with Gasteiger partial charge in [0.15, 0.2) is 11.6 Å². The molecule has 23 heavy (non-hydrogen) atoms. The number of imidazole rings is 1. The monoisotopic (exact) mass is 355 g/mol. The molecule has 2 N–H and O–H groups in total. The van der Waals surface area contributed by atoms with Crippen LogP contribution in [0.25, 0.3) is 22.6 Å². The van der Waals surface area contributed by atoms with E-state index in [2.05, 4.69) is 14.9 Å². The van der Waals surface area contributed by atoms with E-state index >= 15 is 0 Å². The first-order valence-corrected chi connectivity index (χ1v) is 7.21. The maximum atomic E-state index is 9.26. The number of nitrogens with one attached hydrogen (secondary N) is 1. The average molecular weight is 356 g/mol. The highest BCUT2D eigenvalue weighted by Crippen LogP contribution is 2.30. The Morgan fingerprint density at radius 1 is 1.30 bits per heavy atom. The van der Waals surface area contributed by atoms with Crippen molar-refractivity contribution < 1.29 is 9.52 Å². The maximum Gasteiger partial charge on any atom is 0.176 e. The van der Waals surface area contributed by atoms with Crippen LogP contribution >= 0.6 is 24.8 Å². The van der Waals surface area contributed by atoms with E-state index in [0.29, 0.717) is 6.04 Å². The molecular weight excluding hydrogens is 337 g/mol. The Morgan fingerprint density at radius 2 is 2.13 bits per heavy atom. The molecule has 3 heterocycles. The minimum Gasteiger partial charge on any atom is -0.453 e. The van der Waals surface area contributed by atoms with Crippen LogP contribution in [0.2, 0.25) is 0 Å². The topological polar surface area (TPSA) is 63.2 Å². The molecule has 0 radical (unpaired) electrons. The summed E-state index contributed by atoms with van der Waals surface area (Å²) in [5, 5.41) is 13.7. The minimum atomic E-state index is 0. The molecule has 0 spiro atoms. The molecule has 2 aromatic heterocycles. The van der Waals surface area contributed by atoms with Gasteiger partial charge in [0, 0.05) is 36.4 Å². The number of halogens is 2. The molecular formula is C16H19Cl2N3O2. The van der Waals surface area contributed by atoms with Gasteiger partial charge in [0.25, 0.3) is 0 Å². The molecule has 7 heteroatoms. The van der Waals surface area contributed by atoms with E-state index < -0.39 is 0 Å². The summed E-state index contributed by atoms with van der Waals surface area (Å²) >= 11 is 0. The molecule has 0 bridgehead atoms. The molecule has 4 rings (SSSR count). The summed E-state index contributed by atoms with van der Waals surface area (Å²) in [5.74, 6) is 1.63. The Kier molecular flexibility index (Phi) is 5.70. The van der Waals surface area contributed by atoms with Crippen molar-refractivity contribution in [2.75, 3.05) is 13.2 Å². The molecule has 1 aliphatic heterocycles. The number of benzene rings is 1. The second kappa shape index (κ2) is 7.36. The molecule has 1 aromatic carbocycles. The number of aromatic nitrogens is 2. The quantitative estimate of drug-likeness (QED) is 0.757. The molecule has 2 atom stereocenters. The molecule has 3 aromatic rings. The van der Waals surface area contributed by atoms with Crippen molar-refractivity contribution in [2.24, 2.45) is 0 Å². The Bertz CT molecular complexity index is 738. The molecule has 0 saturated carbocycles. The van der Waals surface area contributed by atoms with Crippen LogP contribution in [0.15, 0.2) is 47.1 Å². The fourth-order valence-corrected chi connectivity index (χ4v) is 3.04. The number of furan rings is 1. The summed E-state index contributed by atoms with van der Waals surface area (Å²) in [6.45, 7) is 1.01. The second-order valence-electron chi connectivity index (χ2n) is 5.48. The number of rotatable bonds is 3. The standard InChI is InChI=1S/C16H17N3O2.2ClH/c20-10-12-8-13(9-18-12)19-6-5-17-16(19)15-7-11-3-1-2-4-14(11)21-15;;/h1-7,12-13,18,20H,8-10H2;2*1H/t12-,13-;;/m0../s1. The Hall–Kier alpha value is -1.53. The summed E-state index contributed by atoms with van der Waals surface area (Å²) < 4.78 is 8.05. The third-order valence-electron chi connectivity index (χ3n) is 4.13. The Balaban J connectivity index is 0.000000960. The molecule has 0 aliphatic carbocycles. The smallest absolute Gasteiger partial charge is 0.176 e. The van der Waals surface area contributed by atoms with Gasteiger partial charge in [-0.1, -0.05) is 18.2 Å². The van der Waals surface area contributed by atoms with E-state index in [9.17, 15) is 5.11 Å². The van der Waals surface area contributed by atoms with Crippen molar-refractivity contribution in [3.05, 3.63) is 42.7 Å². The first kappa shape index (κ1) is 17.8. The predicted molar refractivity (Wildman–Crippen MR) is 94.5 cm³/mol. The van der Waals surface area contributed by atoms with Crippen molar-refractivity contribution in [3.63, 3.8) is 0 Å². The van der Waals surface area contributed by atoms with Crippen LogP contribution in [0.4, 0.5) is 0 Å². The zero-order chi connectivity index (χ0) is 14.2. The van der Waals surface area contributed by atoms with Crippen LogP contribution in [0.3, 0.4) is 0 Å². The van der Waals surface area contributed by atoms with Gasteiger partial charge in [0.05, 0.1) is 6.61 Å². The molecule has 124 valence electrons. The van der Waals surface area contributed by atoms with Gasteiger partial charge >= 0.3 is 0 Å². The van der Waals surface area contributed by atoms with E-state index in [-0.39, 0.29) is 37.5 Å². The van der Waals surface area contributed by atoms with Crippen molar-refractivity contribution in [1.82, 2.24) is 14.9 Å². The number of aliphatic hydroxyl groups is 1. The first-order valence-electron chi connectivity index (χ1n) is 7.21. The maximum absolute atomic E-state index is 9.26. The predicted octanol–water partition coefficient (Wildman–Crippen LogP) is 3.04. The van der Waals surface area contributed by atoms with Crippen molar-refractivity contribution in [3.8, 4) is 11.6 Å². The number of hydrogen-bond acceptors (Lipinski definition) is 4. The number of fused-ring (bicyclic) bond motifs is 1. The molecule has 1 fully saturated rings. The molecule has 1 aliphatic rings. The van der Waals surface area contributed by atoms with Gasteiger partial charge < -0.3 is 19.4 Å². The lowest BCUT2D eigenvalue weighted by Gasteiger charge is -2.13.